The Hall–Kier alpha value is -3.55. The first-order valence-corrected chi connectivity index (χ1v) is 9.31. The number of carbonyl (C=O) groups is 2. The fourth-order valence-corrected chi connectivity index (χ4v) is 2.72. The second kappa shape index (κ2) is 10.3. The van der Waals surface area contributed by atoms with Crippen LogP contribution in [-0.4, -0.2) is 37.9 Å². The number of carbonyl (C=O) groups excluding carboxylic acids is 2. The molecule has 0 aliphatic heterocycles. The van der Waals surface area contributed by atoms with Crippen molar-refractivity contribution >= 4 is 17.6 Å². The zero-order valence-corrected chi connectivity index (χ0v) is 17.6. The number of carboxylic acids is 1. The summed E-state index contributed by atoms with van der Waals surface area (Å²) in [5.74, 6) is -0.212. The van der Waals surface area contributed by atoms with E-state index >= 15 is 0 Å². The van der Waals surface area contributed by atoms with Gasteiger partial charge in [0, 0.05) is 23.5 Å². The molecule has 0 saturated carbocycles. The molecule has 1 amide bonds. The number of nitrogens with zero attached hydrogens (tertiary/aromatic N) is 1. The summed E-state index contributed by atoms with van der Waals surface area (Å²) in [7, 11) is 2.96. The molecular formula is C22H25N2O6-. The fourth-order valence-electron chi connectivity index (χ4n) is 2.72. The maximum Gasteiger partial charge on any atom is 0.271 e. The molecule has 0 atom stereocenters. The molecule has 1 N–H and O–H groups in total. The minimum atomic E-state index is -1.22. The molecule has 0 spiro atoms. The fraction of sp³-hybridized carbons (Fsp3) is 0.318. The topological polar surface area (TPSA) is 109 Å². The molecule has 8 nitrogen and oxygen atoms in total. The highest BCUT2D eigenvalue weighted by molar-refractivity contribution is 6.01. The van der Waals surface area contributed by atoms with E-state index in [0.29, 0.717) is 39.7 Å². The predicted octanol–water partition coefficient (Wildman–Crippen LogP) is 1.94. The largest absolute Gasteiger partial charge is 0.550 e. The van der Waals surface area contributed by atoms with E-state index in [4.69, 9.17) is 14.2 Å². The van der Waals surface area contributed by atoms with Gasteiger partial charge in [0.2, 0.25) is 0 Å². The number of carboxylic acid groups (broad SMARTS) is 1. The predicted molar refractivity (Wildman–Crippen MR) is 110 cm³/mol. The van der Waals surface area contributed by atoms with Crippen LogP contribution in [-0.2, 0) is 11.2 Å². The summed E-state index contributed by atoms with van der Waals surface area (Å²) in [6, 6.07) is 9.87. The molecule has 2 aromatic carbocycles. The van der Waals surface area contributed by atoms with Gasteiger partial charge in [0.1, 0.15) is 5.75 Å². The van der Waals surface area contributed by atoms with Crippen molar-refractivity contribution in [1.29, 1.82) is 0 Å². The van der Waals surface area contributed by atoms with E-state index < -0.39 is 11.9 Å². The molecule has 0 heterocycles. The molecule has 0 radical (unpaired) electrons. The molecule has 160 valence electrons. The molecule has 2 aromatic rings. The van der Waals surface area contributed by atoms with Crippen LogP contribution in [0.25, 0.3) is 0 Å². The summed E-state index contributed by atoms with van der Waals surface area (Å²) in [6.45, 7) is 5.50. The first kappa shape index (κ1) is 22.7. The van der Waals surface area contributed by atoms with Crippen LogP contribution < -0.4 is 24.7 Å². The second-order valence-corrected chi connectivity index (χ2v) is 6.75. The van der Waals surface area contributed by atoms with Gasteiger partial charge >= 0.3 is 0 Å². The van der Waals surface area contributed by atoms with Crippen LogP contribution >= 0.6 is 0 Å². The van der Waals surface area contributed by atoms with Gasteiger partial charge in [-0.15, -0.1) is 0 Å². The summed E-state index contributed by atoms with van der Waals surface area (Å²) in [4.78, 5) is 23.4. The molecule has 30 heavy (non-hydrogen) atoms. The van der Waals surface area contributed by atoms with Gasteiger partial charge in [-0.3, -0.25) is 4.79 Å². The van der Waals surface area contributed by atoms with Gasteiger partial charge in [0.05, 0.1) is 26.0 Å². The molecule has 0 aromatic heterocycles. The van der Waals surface area contributed by atoms with E-state index in [9.17, 15) is 14.7 Å². The number of aliphatic carboxylic acids is 1. The number of benzene rings is 2. The number of hydrogen-bond donors (Lipinski definition) is 1. The van der Waals surface area contributed by atoms with E-state index in [1.165, 1.54) is 14.2 Å². The highest BCUT2D eigenvalue weighted by Crippen LogP contribution is 2.29. The Bertz CT molecular complexity index is 953. The van der Waals surface area contributed by atoms with Crippen molar-refractivity contribution in [2.45, 2.75) is 33.3 Å². The van der Waals surface area contributed by atoms with E-state index in [1.54, 1.807) is 43.3 Å². The van der Waals surface area contributed by atoms with E-state index in [-0.39, 0.29) is 12.5 Å². The number of rotatable bonds is 9. The van der Waals surface area contributed by atoms with Gasteiger partial charge in [-0.2, -0.15) is 5.10 Å². The van der Waals surface area contributed by atoms with Crippen molar-refractivity contribution in [3.63, 3.8) is 0 Å². The van der Waals surface area contributed by atoms with Gasteiger partial charge in [-0.05, 0) is 62.7 Å². The number of nitrogens with one attached hydrogen (secondary N) is 1. The third-order valence-electron chi connectivity index (χ3n) is 4.15. The Kier molecular flexibility index (Phi) is 7.80. The Morgan fingerprint density at radius 1 is 1.00 bits per heavy atom. The average molecular weight is 413 g/mol. The van der Waals surface area contributed by atoms with Crippen molar-refractivity contribution in [3.8, 4) is 17.2 Å². The van der Waals surface area contributed by atoms with Crippen molar-refractivity contribution in [1.82, 2.24) is 5.43 Å². The number of hydrazone groups is 1. The van der Waals surface area contributed by atoms with Gasteiger partial charge in [0.25, 0.3) is 5.91 Å². The van der Waals surface area contributed by atoms with E-state index in [1.807, 2.05) is 13.8 Å². The van der Waals surface area contributed by atoms with Crippen molar-refractivity contribution in [2.75, 3.05) is 14.2 Å². The first-order chi connectivity index (χ1) is 14.2. The van der Waals surface area contributed by atoms with Crippen molar-refractivity contribution in [2.24, 2.45) is 5.10 Å². The number of methoxy groups -OCH3 is 2. The normalized spacial score (nSPS) is 11.2. The molecule has 2 rings (SSSR count). The highest BCUT2D eigenvalue weighted by Gasteiger charge is 2.12. The van der Waals surface area contributed by atoms with Crippen molar-refractivity contribution in [3.05, 3.63) is 53.1 Å². The quantitative estimate of drug-likeness (QED) is 0.497. The summed E-state index contributed by atoms with van der Waals surface area (Å²) in [6.07, 6.45) is -0.321. The second-order valence-electron chi connectivity index (χ2n) is 6.75. The Balaban J connectivity index is 2.18. The highest BCUT2D eigenvalue weighted by atomic mass is 16.5. The summed E-state index contributed by atoms with van der Waals surface area (Å²) < 4.78 is 16.1. The van der Waals surface area contributed by atoms with Crippen LogP contribution in [0.5, 0.6) is 17.2 Å². The van der Waals surface area contributed by atoms with Crippen LogP contribution in [0.3, 0.4) is 0 Å². The number of amides is 1. The van der Waals surface area contributed by atoms with Gasteiger partial charge in [-0.1, -0.05) is 0 Å². The van der Waals surface area contributed by atoms with Crippen LogP contribution in [0.4, 0.5) is 0 Å². The molecule has 0 aliphatic carbocycles. The monoisotopic (exact) mass is 413 g/mol. The Morgan fingerprint density at radius 3 is 2.23 bits per heavy atom. The minimum Gasteiger partial charge on any atom is -0.550 e. The standard InChI is InChI=1S/C22H26N2O6/c1-13(2)30-19-9-7-16(11-20(19)29-5)22(27)24-23-14(3)15-6-8-18(28-4)17(10-15)12-21(25)26/h6-11,13H,12H2,1-5H3,(H,24,27)(H,25,26)/p-1/b23-14-. The lowest BCUT2D eigenvalue weighted by Crippen LogP contribution is -2.24. The SMILES string of the molecule is COc1ccc(/C(C)=N\NC(=O)c2ccc(OC(C)C)c(OC)c2)cc1CC(=O)[O-]. The minimum absolute atomic E-state index is 0.0304. The third-order valence-corrected chi connectivity index (χ3v) is 4.15. The molecule has 0 saturated heterocycles. The smallest absolute Gasteiger partial charge is 0.271 e. The summed E-state index contributed by atoms with van der Waals surface area (Å²) in [5, 5.41) is 15.1. The van der Waals surface area contributed by atoms with Gasteiger partial charge in [-0.25, -0.2) is 5.43 Å². The van der Waals surface area contributed by atoms with Gasteiger partial charge in [0.15, 0.2) is 11.5 Å². The van der Waals surface area contributed by atoms with Crippen LogP contribution in [0.2, 0.25) is 0 Å². The molecule has 0 fully saturated rings. The Labute approximate surface area is 175 Å². The molecule has 0 unspecified atom stereocenters. The van der Waals surface area contributed by atoms with E-state index in [2.05, 4.69) is 10.5 Å². The van der Waals surface area contributed by atoms with Crippen LogP contribution in [0, 0.1) is 0 Å². The maximum atomic E-state index is 12.5. The van der Waals surface area contributed by atoms with Crippen molar-refractivity contribution < 1.29 is 28.9 Å². The Morgan fingerprint density at radius 2 is 1.63 bits per heavy atom. The zero-order chi connectivity index (χ0) is 22.3. The zero-order valence-electron chi connectivity index (χ0n) is 17.6. The molecule has 0 bridgehead atoms. The first-order valence-electron chi connectivity index (χ1n) is 9.31. The number of ether oxygens (including phenoxy) is 3. The molecule has 8 heteroatoms. The number of hydrogen-bond acceptors (Lipinski definition) is 7. The lowest BCUT2D eigenvalue weighted by Gasteiger charge is -2.14. The maximum absolute atomic E-state index is 12.5. The average Bonchev–Trinajstić information content (AvgIpc) is 2.71. The lowest BCUT2D eigenvalue weighted by atomic mass is 10.0. The molecule has 0 aliphatic rings. The molecular weight excluding hydrogens is 388 g/mol. The summed E-state index contributed by atoms with van der Waals surface area (Å²) >= 11 is 0. The van der Waals surface area contributed by atoms with Gasteiger partial charge < -0.3 is 24.1 Å². The van der Waals surface area contributed by atoms with Crippen LogP contribution in [0.1, 0.15) is 42.3 Å². The third kappa shape index (κ3) is 5.97. The summed E-state index contributed by atoms with van der Waals surface area (Å²) in [5.41, 5.74) is 4.45. The lowest BCUT2D eigenvalue weighted by molar-refractivity contribution is -0.304. The van der Waals surface area contributed by atoms with Crippen LogP contribution in [0.15, 0.2) is 41.5 Å². The van der Waals surface area contributed by atoms with E-state index in [0.717, 1.165) is 0 Å².